The summed E-state index contributed by atoms with van der Waals surface area (Å²) < 4.78 is 10.7. The van der Waals surface area contributed by atoms with Crippen molar-refractivity contribution in [1.29, 1.82) is 0 Å². The maximum absolute atomic E-state index is 12.6. The Morgan fingerprint density at radius 3 is 2.55 bits per heavy atom. The molecule has 1 amide bonds. The summed E-state index contributed by atoms with van der Waals surface area (Å²) in [6, 6.07) is 14.2. The highest BCUT2D eigenvalue weighted by Crippen LogP contribution is 2.22. The summed E-state index contributed by atoms with van der Waals surface area (Å²) in [7, 11) is 1.66. The average molecular weight is 425 g/mol. The summed E-state index contributed by atoms with van der Waals surface area (Å²) in [5.41, 5.74) is 1.63. The van der Waals surface area contributed by atoms with Crippen LogP contribution < -0.4 is 15.0 Å². The Kier molecular flexibility index (Phi) is 7.38. The van der Waals surface area contributed by atoms with Gasteiger partial charge in [0.1, 0.15) is 17.3 Å². The Bertz CT molecular complexity index is 844. The van der Waals surface area contributed by atoms with Crippen LogP contribution in [0.2, 0.25) is 0 Å². The SMILES string of the molecule is COc1ccc(CCNC(=O)c2cccc(N3CCC(N4CCOCC4)CC3)n2)cc1. The monoisotopic (exact) mass is 424 g/mol. The molecule has 0 saturated carbocycles. The summed E-state index contributed by atoms with van der Waals surface area (Å²) in [5, 5.41) is 2.99. The number of aromatic nitrogens is 1. The van der Waals surface area contributed by atoms with Crippen molar-refractivity contribution in [3.8, 4) is 5.75 Å². The summed E-state index contributed by atoms with van der Waals surface area (Å²) in [6.07, 6.45) is 3.02. The van der Waals surface area contributed by atoms with Crippen LogP contribution in [0.25, 0.3) is 0 Å². The number of ether oxygens (including phenoxy) is 2. The molecule has 7 heteroatoms. The van der Waals surface area contributed by atoms with Crippen LogP contribution in [0.3, 0.4) is 0 Å². The zero-order valence-corrected chi connectivity index (χ0v) is 18.3. The minimum Gasteiger partial charge on any atom is -0.497 e. The largest absolute Gasteiger partial charge is 0.497 e. The van der Waals surface area contributed by atoms with Gasteiger partial charge in [-0.1, -0.05) is 18.2 Å². The van der Waals surface area contributed by atoms with E-state index in [0.717, 1.165) is 75.8 Å². The lowest BCUT2D eigenvalue weighted by molar-refractivity contribution is 0.0115. The number of morpholine rings is 1. The Hall–Kier alpha value is -2.64. The number of methoxy groups -OCH3 is 1. The molecule has 7 nitrogen and oxygen atoms in total. The number of amides is 1. The number of piperidine rings is 1. The molecule has 0 spiro atoms. The van der Waals surface area contributed by atoms with Gasteiger partial charge in [0.05, 0.1) is 20.3 Å². The first-order valence-corrected chi connectivity index (χ1v) is 11.2. The van der Waals surface area contributed by atoms with Crippen LogP contribution in [0.4, 0.5) is 5.82 Å². The number of nitrogens with one attached hydrogen (secondary N) is 1. The Balaban J connectivity index is 1.27. The molecule has 2 aliphatic heterocycles. The number of hydrogen-bond donors (Lipinski definition) is 1. The molecule has 31 heavy (non-hydrogen) atoms. The summed E-state index contributed by atoms with van der Waals surface area (Å²) in [4.78, 5) is 22.1. The van der Waals surface area contributed by atoms with Crippen molar-refractivity contribution < 1.29 is 14.3 Å². The van der Waals surface area contributed by atoms with Gasteiger partial charge in [0.15, 0.2) is 0 Å². The maximum Gasteiger partial charge on any atom is 0.269 e. The van der Waals surface area contributed by atoms with Crippen LogP contribution >= 0.6 is 0 Å². The molecular weight excluding hydrogens is 392 g/mol. The number of carbonyl (C=O) groups excluding carboxylic acids is 1. The summed E-state index contributed by atoms with van der Waals surface area (Å²) >= 11 is 0. The highest BCUT2D eigenvalue weighted by Gasteiger charge is 2.26. The minimum atomic E-state index is -0.126. The predicted octanol–water partition coefficient (Wildman–Crippen LogP) is 2.36. The zero-order valence-electron chi connectivity index (χ0n) is 18.3. The van der Waals surface area contributed by atoms with Crippen molar-refractivity contribution in [2.75, 3.05) is 57.9 Å². The van der Waals surface area contributed by atoms with E-state index in [1.54, 1.807) is 13.2 Å². The lowest BCUT2D eigenvalue weighted by Crippen LogP contribution is -2.49. The first-order chi connectivity index (χ1) is 15.2. The Morgan fingerprint density at radius 2 is 1.84 bits per heavy atom. The molecule has 1 aromatic carbocycles. The van der Waals surface area contributed by atoms with Crippen LogP contribution in [-0.4, -0.2) is 74.9 Å². The van der Waals surface area contributed by atoms with Gasteiger partial charge in [-0.15, -0.1) is 0 Å². The van der Waals surface area contributed by atoms with Crippen LogP contribution in [0.5, 0.6) is 5.75 Å². The summed E-state index contributed by atoms with van der Waals surface area (Å²) in [5.74, 6) is 1.60. The molecule has 2 aliphatic rings. The molecule has 0 aliphatic carbocycles. The van der Waals surface area contributed by atoms with Gasteiger partial charge in [0.25, 0.3) is 5.91 Å². The lowest BCUT2D eigenvalue weighted by Gasteiger charge is -2.40. The predicted molar refractivity (Wildman–Crippen MR) is 121 cm³/mol. The number of nitrogens with zero attached hydrogens (tertiary/aromatic N) is 3. The van der Waals surface area contributed by atoms with E-state index in [-0.39, 0.29) is 5.91 Å². The van der Waals surface area contributed by atoms with Gasteiger partial charge in [-0.2, -0.15) is 0 Å². The van der Waals surface area contributed by atoms with Crippen LogP contribution in [0, 0.1) is 0 Å². The van der Waals surface area contributed by atoms with Gasteiger partial charge >= 0.3 is 0 Å². The molecule has 0 bridgehead atoms. The Labute approximate surface area is 184 Å². The molecule has 2 saturated heterocycles. The van der Waals surface area contributed by atoms with E-state index in [2.05, 4.69) is 20.1 Å². The smallest absolute Gasteiger partial charge is 0.269 e. The van der Waals surface area contributed by atoms with E-state index in [1.165, 1.54) is 0 Å². The fourth-order valence-electron chi connectivity index (χ4n) is 4.33. The standard InChI is InChI=1S/C24H32N4O3/c1-30-21-7-5-19(6-8-21)9-12-25-24(29)22-3-2-4-23(26-22)28-13-10-20(11-14-28)27-15-17-31-18-16-27/h2-8,20H,9-18H2,1H3,(H,25,29). The molecule has 2 aromatic rings. The molecule has 0 unspecified atom stereocenters. The van der Waals surface area contributed by atoms with Crippen molar-refractivity contribution in [2.45, 2.75) is 25.3 Å². The number of pyridine rings is 1. The third-order valence-corrected chi connectivity index (χ3v) is 6.18. The second-order valence-corrected chi connectivity index (χ2v) is 8.10. The molecule has 4 rings (SSSR count). The second-order valence-electron chi connectivity index (χ2n) is 8.10. The van der Waals surface area contributed by atoms with Crippen molar-refractivity contribution in [2.24, 2.45) is 0 Å². The molecule has 3 heterocycles. The van der Waals surface area contributed by atoms with Crippen molar-refractivity contribution >= 4 is 11.7 Å². The third kappa shape index (κ3) is 5.74. The number of benzene rings is 1. The first kappa shape index (κ1) is 21.6. The van der Waals surface area contributed by atoms with E-state index < -0.39 is 0 Å². The van der Waals surface area contributed by atoms with Crippen molar-refractivity contribution in [1.82, 2.24) is 15.2 Å². The van der Waals surface area contributed by atoms with Gasteiger partial charge in [-0.05, 0) is 49.1 Å². The fourth-order valence-corrected chi connectivity index (χ4v) is 4.33. The van der Waals surface area contributed by atoms with Crippen LogP contribution in [0.1, 0.15) is 28.9 Å². The minimum absolute atomic E-state index is 0.126. The highest BCUT2D eigenvalue weighted by atomic mass is 16.5. The topological polar surface area (TPSA) is 66.9 Å². The van der Waals surface area contributed by atoms with Gasteiger partial charge in [0.2, 0.25) is 0 Å². The molecule has 1 N–H and O–H groups in total. The van der Waals surface area contributed by atoms with Crippen molar-refractivity contribution in [3.63, 3.8) is 0 Å². The lowest BCUT2D eigenvalue weighted by atomic mass is 10.0. The number of hydrogen-bond acceptors (Lipinski definition) is 6. The second kappa shape index (κ2) is 10.6. The molecule has 0 atom stereocenters. The van der Waals surface area contributed by atoms with Crippen molar-refractivity contribution in [3.05, 3.63) is 53.7 Å². The Morgan fingerprint density at radius 1 is 1.10 bits per heavy atom. The quantitative estimate of drug-likeness (QED) is 0.736. The highest BCUT2D eigenvalue weighted by molar-refractivity contribution is 5.92. The van der Waals surface area contributed by atoms with E-state index in [4.69, 9.17) is 9.47 Å². The molecular formula is C24H32N4O3. The zero-order chi connectivity index (χ0) is 21.5. The third-order valence-electron chi connectivity index (χ3n) is 6.18. The van der Waals surface area contributed by atoms with Crippen LogP contribution in [-0.2, 0) is 11.2 Å². The fraction of sp³-hybridized carbons (Fsp3) is 0.500. The van der Waals surface area contributed by atoms with Gasteiger partial charge in [-0.25, -0.2) is 4.98 Å². The van der Waals surface area contributed by atoms with Gasteiger partial charge < -0.3 is 19.7 Å². The first-order valence-electron chi connectivity index (χ1n) is 11.2. The number of anilines is 1. The number of rotatable bonds is 7. The van der Waals surface area contributed by atoms with E-state index in [9.17, 15) is 4.79 Å². The number of carbonyl (C=O) groups is 1. The summed E-state index contributed by atoms with van der Waals surface area (Å²) in [6.45, 7) is 6.27. The molecule has 166 valence electrons. The van der Waals surface area contributed by atoms with E-state index in [1.807, 2.05) is 36.4 Å². The van der Waals surface area contributed by atoms with E-state index >= 15 is 0 Å². The van der Waals surface area contributed by atoms with Crippen LogP contribution in [0.15, 0.2) is 42.5 Å². The van der Waals surface area contributed by atoms with Gasteiger partial charge in [-0.3, -0.25) is 9.69 Å². The van der Waals surface area contributed by atoms with E-state index in [0.29, 0.717) is 18.3 Å². The maximum atomic E-state index is 12.6. The molecule has 1 aromatic heterocycles. The normalized spacial score (nSPS) is 18.0. The average Bonchev–Trinajstić information content (AvgIpc) is 2.85. The van der Waals surface area contributed by atoms with Gasteiger partial charge in [0, 0.05) is 38.8 Å². The molecule has 2 fully saturated rings. The molecule has 0 radical (unpaired) electrons.